The van der Waals surface area contributed by atoms with Crippen LogP contribution < -0.4 is 4.90 Å². The summed E-state index contributed by atoms with van der Waals surface area (Å²) in [6.07, 6.45) is 0.408. The van der Waals surface area contributed by atoms with Crippen LogP contribution in [0.3, 0.4) is 0 Å². The third-order valence-electron chi connectivity index (χ3n) is 4.33. The Morgan fingerprint density at radius 3 is 2.39 bits per heavy atom. The molecule has 23 heavy (non-hydrogen) atoms. The van der Waals surface area contributed by atoms with E-state index in [4.69, 9.17) is 11.6 Å². The SMILES string of the molecule is OC(Cc1ccccc1)CN1CCN(c2cccc(Cl)c2)CC1. The average molecular weight is 331 g/mol. The van der Waals surface area contributed by atoms with Gasteiger partial charge in [0.05, 0.1) is 6.10 Å². The first-order chi connectivity index (χ1) is 11.2. The normalized spacial score (nSPS) is 17.2. The molecule has 122 valence electrons. The van der Waals surface area contributed by atoms with Crippen LogP contribution in [-0.4, -0.2) is 48.8 Å². The van der Waals surface area contributed by atoms with Gasteiger partial charge in [0, 0.05) is 43.4 Å². The third-order valence-corrected chi connectivity index (χ3v) is 4.56. The summed E-state index contributed by atoms with van der Waals surface area (Å²) in [5, 5.41) is 11.1. The van der Waals surface area contributed by atoms with E-state index in [1.54, 1.807) is 0 Å². The molecule has 0 bridgehead atoms. The summed E-state index contributed by atoms with van der Waals surface area (Å²) in [7, 11) is 0. The molecule has 0 aliphatic carbocycles. The Labute approximate surface area is 143 Å². The minimum atomic E-state index is -0.310. The topological polar surface area (TPSA) is 26.7 Å². The molecule has 1 fully saturated rings. The molecule has 0 saturated carbocycles. The Balaban J connectivity index is 1.47. The maximum absolute atomic E-state index is 10.3. The lowest BCUT2D eigenvalue weighted by Gasteiger charge is -2.37. The minimum Gasteiger partial charge on any atom is -0.391 e. The van der Waals surface area contributed by atoms with E-state index in [0.29, 0.717) is 0 Å². The van der Waals surface area contributed by atoms with Crippen molar-refractivity contribution in [1.29, 1.82) is 0 Å². The summed E-state index contributed by atoms with van der Waals surface area (Å²) in [4.78, 5) is 4.70. The van der Waals surface area contributed by atoms with Crippen molar-refractivity contribution in [3.63, 3.8) is 0 Å². The van der Waals surface area contributed by atoms with Crippen LogP contribution in [0.2, 0.25) is 5.02 Å². The highest BCUT2D eigenvalue weighted by atomic mass is 35.5. The van der Waals surface area contributed by atoms with E-state index < -0.39 is 0 Å². The summed E-state index contributed by atoms with van der Waals surface area (Å²) < 4.78 is 0. The van der Waals surface area contributed by atoms with Gasteiger partial charge in [-0.3, -0.25) is 4.90 Å². The molecule has 1 unspecified atom stereocenters. The van der Waals surface area contributed by atoms with E-state index in [1.807, 2.05) is 36.4 Å². The smallest absolute Gasteiger partial charge is 0.0707 e. The fourth-order valence-corrected chi connectivity index (χ4v) is 3.29. The zero-order valence-corrected chi connectivity index (χ0v) is 14.0. The standard InChI is InChI=1S/C19H23ClN2O/c20-17-7-4-8-18(14-17)22-11-9-21(10-12-22)15-19(23)13-16-5-2-1-3-6-16/h1-8,14,19,23H,9-13,15H2. The van der Waals surface area contributed by atoms with E-state index in [2.05, 4.69) is 28.0 Å². The third kappa shape index (κ3) is 4.71. The summed E-state index contributed by atoms with van der Waals surface area (Å²) in [5.41, 5.74) is 2.37. The minimum absolute atomic E-state index is 0.310. The van der Waals surface area contributed by atoms with Crippen LogP contribution in [0.5, 0.6) is 0 Å². The first-order valence-electron chi connectivity index (χ1n) is 8.15. The van der Waals surface area contributed by atoms with Crippen LogP contribution in [0.25, 0.3) is 0 Å². The number of anilines is 1. The van der Waals surface area contributed by atoms with E-state index in [9.17, 15) is 5.11 Å². The van der Waals surface area contributed by atoms with Crippen molar-refractivity contribution in [3.8, 4) is 0 Å². The first-order valence-corrected chi connectivity index (χ1v) is 8.53. The highest BCUT2D eigenvalue weighted by Gasteiger charge is 2.19. The number of hydrogen-bond donors (Lipinski definition) is 1. The Kier molecular flexibility index (Phi) is 5.55. The van der Waals surface area contributed by atoms with Crippen LogP contribution in [-0.2, 0) is 6.42 Å². The number of aliphatic hydroxyl groups excluding tert-OH is 1. The van der Waals surface area contributed by atoms with Crippen LogP contribution >= 0.6 is 11.6 Å². The van der Waals surface area contributed by atoms with Crippen LogP contribution in [0.4, 0.5) is 5.69 Å². The van der Waals surface area contributed by atoms with Gasteiger partial charge in [-0.05, 0) is 30.2 Å². The van der Waals surface area contributed by atoms with Crippen molar-refractivity contribution in [1.82, 2.24) is 4.90 Å². The molecule has 0 aromatic heterocycles. The molecule has 0 radical (unpaired) electrons. The highest BCUT2D eigenvalue weighted by molar-refractivity contribution is 6.30. The second-order valence-electron chi connectivity index (χ2n) is 6.11. The van der Waals surface area contributed by atoms with Gasteiger partial charge in [-0.2, -0.15) is 0 Å². The molecule has 1 aliphatic heterocycles. The van der Waals surface area contributed by atoms with Crippen molar-refractivity contribution in [2.45, 2.75) is 12.5 Å². The maximum atomic E-state index is 10.3. The molecule has 3 rings (SSSR count). The lowest BCUT2D eigenvalue weighted by atomic mass is 10.1. The number of benzene rings is 2. The maximum Gasteiger partial charge on any atom is 0.0707 e. The second-order valence-corrected chi connectivity index (χ2v) is 6.55. The number of rotatable bonds is 5. The van der Waals surface area contributed by atoms with Crippen molar-refractivity contribution in [3.05, 3.63) is 65.2 Å². The lowest BCUT2D eigenvalue weighted by molar-refractivity contribution is 0.109. The van der Waals surface area contributed by atoms with Gasteiger partial charge in [0.15, 0.2) is 0 Å². The number of nitrogens with zero attached hydrogens (tertiary/aromatic N) is 2. The van der Waals surface area contributed by atoms with Gasteiger partial charge in [0.25, 0.3) is 0 Å². The number of hydrogen-bond acceptors (Lipinski definition) is 3. The largest absolute Gasteiger partial charge is 0.391 e. The Morgan fingerprint density at radius 1 is 0.957 bits per heavy atom. The monoisotopic (exact) mass is 330 g/mol. The Hall–Kier alpha value is -1.55. The quantitative estimate of drug-likeness (QED) is 0.912. The number of β-amino-alcohol motifs (C(OH)–C–C–N with tert-alkyl or cyclic N) is 1. The van der Waals surface area contributed by atoms with Crippen LogP contribution in [0.1, 0.15) is 5.56 Å². The van der Waals surface area contributed by atoms with Crippen molar-refractivity contribution in [2.24, 2.45) is 0 Å². The molecule has 2 aromatic carbocycles. The first kappa shape index (κ1) is 16.3. The Bertz CT molecular complexity index is 612. The number of halogens is 1. The Morgan fingerprint density at radius 2 is 1.70 bits per heavy atom. The van der Waals surface area contributed by atoms with Gasteiger partial charge in [0.2, 0.25) is 0 Å². The van der Waals surface area contributed by atoms with Gasteiger partial charge in [-0.25, -0.2) is 0 Å². The van der Waals surface area contributed by atoms with Crippen molar-refractivity contribution >= 4 is 17.3 Å². The van der Waals surface area contributed by atoms with Gasteiger partial charge in [0.1, 0.15) is 0 Å². The van der Waals surface area contributed by atoms with Gasteiger partial charge >= 0.3 is 0 Å². The predicted molar refractivity (Wildman–Crippen MR) is 96.3 cm³/mol. The molecule has 0 spiro atoms. The van der Waals surface area contributed by atoms with Crippen molar-refractivity contribution < 1.29 is 5.11 Å². The molecular formula is C19H23ClN2O. The van der Waals surface area contributed by atoms with E-state index in [1.165, 1.54) is 11.3 Å². The number of aliphatic hydroxyl groups is 1. The molecule has 1 aliphatic rings. The fourth-order valence-electron chi connectivity index (χ4n) is 3.11. The van der Waals surface area contributed by atoms with Crippen molar-refractivity contribution in [2.75, 3.05) is 37.6 Å². The average Bonchev–Trinajstić information content (AvgIpc) is 2.56. The molecule has 0 amide bonds. The molecule has 1 saturated heterocycles. The predicted octanol–water partition coefficient (Wildman–Crippen LogP) is 3.07. The molecule has 4 heteroatoms. The molecular weight excluding hydrogens is 308 g/mol. The zero-order chi connectivity index (χ0) is 16.1. The van der Waals surface area contributed by atoms with Gasteiger partial charge in [-0.1, -0.05) is 48.0 Å². The second kappa shape index (κ2) is 7.82. The summed E-state index contributed by atoms with van der Waals surface area (Å²) >= 11 is 6.07. The number of piperazine rings is 1. The van der Waals surface area contributed by atoms with Crippen LogP contribution in [0.15, 0.2) is 54.6 Å². The molecule has 1 heterocycles. The molecule has 1 N–H and O–H groups in total. The summed E-state index contributed by atoms with van der Waals surface area (Å²) in [6, 6.07) is 18.2. The molecule has 2 aromatic rings. The van der Waals surface area contributed by atoms with E-state index in [-0.39, 0.29) is 6.10 Å². The van der Waals surface area contributed by atoms with E-state index >= 15 is 0 Å². The lowest BCUT2D eigenvalue weighted by Crippen LogP contribution is -2.48. The fraction of sp³-hybridized carbons (Fsp3) is 0.368. The molecule has 3 nitrogen and oxygen atoms in total. The van der Waals surface area contributed by atoms with E-state index in [0.717, 1.165) is 44.2 Å². The summed E-state index contributed by atoms with van der Waals surface area (Å²) in [6.45, 7) is 4.62. The highest BCUT2D eigenvalue weighted by Crippen LogP contribution is 2.20. The van der Waals surface area contributed by atoms with Gasteiger partial charge < -0.3 is 10.0 Å². The van der Waals surface area contributed by atoms with Crippen LogP contribution in [0, 0.1) is 0 Å². The zero-order valence-electron chi connectivity index (χ0n) is 13.2. The summed E-state index contributed by atoms with van der Waals surface area (Å²) in [5.74, 6) is 0. The van der Waals surface area contributed by atoms with Gasteiger partial charge in [-0.15, -0.1) is 0 Å². The molecule has 1 atom stereocenters.